The summed E-state index contributed by atoms with van der Waals surface area (Å²) >= 11 is 5.83. The molecule has 156 valence electrons. The molecule has 0 bridgehead atoms. The molecule has 0 radical (unpaired) electrons. The summed E-state index contributed by atoms with van der Waals surface area (Å²) in [7, 11) is -4.00. The second-order valence-electron chi connectivity index (χ2n) is 7.04. The van der Waals surface area contributed by atoms with E-state index in [0.29, 0.717) is 17.9 Å². The van der Waals surface area contributed by atoms with E-state index in [1.54, 1.807) is 0 Å². The van der Waals surface area contributed by atoms with Crippen LogP contribution in [-0.2, 0) is 27.4 Å². The van der Waals surface area contributed by atoms with Gasteiger partial charge in [-0.05, 0) is 54.8 Å². The number of hydrogen-bond donors (Lipinski definition) is 1. The molecule has 0 unspecified atom stereocenters. The van der Waals surface area contributed by atoms with Crippen LogP contribution in [0, 0.1) is 0 Å². The molecule has 2 aromatic rings. The molecule has 1 saturated carbocycles. The van der Waals surface area contributed by atoms with Gasteiger partial charge in [-0.1, -0.05) is 36.6 Å². The first kappa shape index (κ1) is 21.6. The molecule has 1 fully saturated rings. The third kappa shape index (κ3) is 4.28. The predicted octanol–water partition coefficient (Wildman–Crippen LogP) is 4.76. The highest BCUT2D eigenvalue weighted by Crippen LogP contribution is 2.41. The van der Waals surface area contributed by atoms with Gasteiger partial charge in [0.15, 0.2) is 14.6 Å². The second-order valence-corrected chi connectivity index (χ2v) is 9.74. The lowest BCUT2D eigenvalue weighted by Crippen LogP contribution is -2.50. The highest BCUT2D eigenvalue weighted by molar-refractivity contribution is 7.93. The smallest absolute Gasteiger partial charge is 0.351 e. The standard InChI is InChI=1S/C20H19ClF3NO3S/c21-16-6-8-17(9-7-16)29(27,28)19(10-1-2-11-19)18(26)25-13-14-4-3-5-15(12-14)20(22,23)24/h3-9,12H,1-2,10-11,13H2,(H,25,26). The molecule has 9 heteroatoms. The molecule has 2 aromatic carbocycles. The SMILES string of the molecule is O=C(NCc1cccc(C(F)(F)F)c1)C1(S(=O)(=O)c2ccc(Cl)cc2)CCCC1. The van der Waals surface area contributed by atoms with Crippen LogP contribution < -0.4 is 5.32 Å². The van der Waals surface area contributed by atoms with E-state index in [1.165, 1.54) is 36.4 Å². The fourth-order valence-electron chi connectivity index (χ4n) is 3.60. The van der Waals surface area contributed by atoms with E-state index in [-0.39, 0.29) is 29.8 Å². The lowest BCUT2D eigenvalue weighted by Gasteiger charge is -2.27. The molecule has 1 amide bonds. The summed E-state index contributed by atoms with van der Waals surface area (Å²) in [6, 6.07) is 10.2. The van der Waals surface area contributed by atoms with Gasteiger partial charge in [0.25, 0.3) is 0 Å². The van der Waals surface area contributed by atoms with Crippen LogP contribution >= 0.6 is 11.6 Å². The number of halogens is 4. The fraction of sp³-hybridized carbons (Fsp3) is 0.350. The third-order valence-corrected chi connectivity index (χ3v) is 7.94. The van der Waals surface area contributed by atoms with E-state index in [1.807, 2.05) is 0 Å². The van der Waals surface area contributed by atoms with E-state index >= 15 is 0 Å². The molecule has 0 spiro atoms. The number of amides is 1. The summed E-state index contributed by atoms with van der Waals surface area (Å²) < 4.78 is 63.5. The zero-order valence-corrected chi connectivity index (χ0v) is 16.9. The second kappa shape index (κ2) is 7.99. The monoisotopic (exact) mass is 445 g/mol. The average molecular weight is 446 g/mol. The van der Waals surface area contributed by atoms with Crippen LogP contribution in [-0.4, -0.2) is 19.1 Å². The Morgan fingerprint density at radius 1 is 1.07 bits per heavy atom. The molecule has 3 rings (SSSR count). The van der Waals surface area contributed by atoms with Gasteiger partial charge in [0.1, 0.15) is 0 Å². The maximum atomic E-state index is 13.3. The van der Waals surface area contributed by atoms with E-state index in [2.05, 4.69) is 5.32 Å². The van der Waals surface area contributed by atoms with Crippen LogP contribution in [0.4, 0.5) is 13.2 Å². The Morgan fingerprint density at radius 2 is 1.69 bits per heavy atom. The number of rotatable bonds is 5. The van der Waals surface area contributed by atoms with Crippen LogP contribution in [0.5, 0.6) is 0 Å². The van der Waals surface area contributed by atoms with Crippen molar-refractivity contribution in [2.45, 2.75) is 48.0 Å². The van der Waals surface area contributed by atoms with Gasteiger partial charge in [-0.25, -0.2) is 8.42 Å². The predicted molar refractivity (Wildman–Crippen MR) is 103 cm³/mol. The van der Waals surface area contributed by atoms with Crippen LogP contribution in [0.15, 0.2) is 53.4 Å². The first-order chi connectivity index (χ1) is 13.6. The molecule has 4 nitrogen and oxygen atoms in total. The number of sulfone groups is 1. The highest BCUT2D eigenvalue weighted by atomic mass is 35.5. The molecule has 1 aliphatic carbocycles. The van der Waals surface area contributed by atoms with Gasteiger partial charge < -0.3 is 5.32 Å². The number of nitrogens with one attached hydrogen (secondary N) is 1. The van der Waals surface area contributed by atoms with E-state index in [9.17, 15) is 26.4 Å². The largest absolute Gasteiger partial charge is 0.416 e. The van der Waals surface area contributed by atoms with Crippen LogP contribution in [0.3, 0.4) is 0 Å². The highest BCUT2D eigenvalue weighted by Gasteiger charge is 2.52. The average Bonchev–Trinajstić information content (AvgIpc) is 3.18. The molecule has 29 heavy (non-hydrogen) atoms. The zero-order valence-electron chi connectivity index (χ0n) is 15.3. The normalized spacial score (nSPS) is 16.6. The first-order valence-corrected chi connectivity index (χ1v) is 10.9. The quantitative estimate of drug-likeness (QED) is 0.721. The maximum Gasteiger partial charge on any atom is 0.416 e. The van der Waals surface area contributed by atoms with Crippen molar-refractivity contribution >= 4 is 27.3 Å². The summed E-state index contributed by atoms with van der Waals surface area (Å²) in [5.74, 6) is -0.692. The van der Waals surface area contributed by atoms with E-state index < -0.39 is 32.2 Å². The van der Waals surface area contributed by atoms with Crippen molar-refractivity contribution in [2.24, 2.45) is 0 Å². The summed E-state index contributed by atoms with van der Waals surface area (Å²) in [4.78, 5) is 13.0. The van der Waals surface area contributed by atoms with Crippen molar-refractivity contribution in [3.8, 4) is 0 Å². The van der Waals surface area contributed by atoms with Crippen LogP contribution in [0.2, 0.25) is 5.02 Å². The summed E-state index contributed by atoms with van der Waals surface area (Å²) in [5.41, 5.74) is -0.584. The molecule has 0 aromatic heterocycles. The lowest BCUT2D eigenvalue weighted by atomic mass is 10.1. The van der Waals surface area contributed by atoms with E-state index in [0.717, 1.165) is 12.1 Å². The van der Waals surface area contributed by atoms with Gasteiger partial charge in [-0.3, -0.25) is 4.79 Å². The molecule has 0 saturated heterocycles. The fourth-order valence-corrected chi connectivity index (χ4v) is 5.82. The first-order valence-electron chi connectivity index (χ1n) is 9.01. The Bertz CT molecular complexity index is 998. The van der Waals surface area contributed by atoms with Gasteiger partial charge >= 0.3 is 6.18 Å². The zero-order chi connectivity index (χ0) is 21.3. The van der Waals surface area contributed by atoms with Gasteiger partial charge in [0, 0.05) is 11.6 Å². The Labute approximate surface area is 172 Å². The Morgan fingerprint density at radius 3 is 2.28 bits per heavy atom. The molecule has 1 N–H and O–H groups in total. The summed E-state index contributed by atoms with van der Waals surface area (Å²) in [6.45, 7) is -0.194. The van der Waals surface area contributed by atoms with Gasteiger partial charge in [-0.2, -0.15) is 13.2 Å². The molecule has 0 heterocycles. The number of carbonyl (C=O) groups excluding carboxylic acids is 1. The maximum absolute atomic E-state index is 13.3. The Hall–Kier alpha value is -2.06. The summed E-state index contributed by atoms with van der Waals surface area (Å²) in [6.07, 6.45) is -3.03. The third-order valence-electron chi connectivity index (χ3n) is 5.17. The van der Waals surface area contributed by atoms with E-state index in [4.69, 9.17) is 11.6 Å². The summed E-state index contributed by atoms with van der Waals surface area (Å²) in [5, 5.41) is 2.91. The van der Waals surface area contributed by atoms with Crippen molar-refractivity contribution in [2.75, 3.05) is 0 Å². The number of hydrogen-bond acceptors (Lipinski definition) is 3. The Kier molecular flexibility index (Phi) is 5.96. The van der Waals surface area contributed by atoms with Crippen molar-refractivity contribution < 1.29 is 26.4 Å². The topological polar surface area (TPSA) is 63.2 Å². The molecular weight excluding hydrogens is 427 g/mol. The Balaban J connectivity index is 1.84. The molecular formula is C20H19ClF3NO3S. The van der Waals surface area contributed by atoms with Gasteiger partial charge in [-0.15, -0.1) is 0 Å². The molecule has 0 aliphatic heterocycles. The van der Waals surface area contributed by atoms with Crippen LogP contribution in [0.25, 0.3) is 0 Å². The van der Waals surface area contributed by atoms with Crippen molar-refractivity contribution in [3.05, 3.63) is 64.7 Å². The van der Waals surface area contributed by atoms with Crippen LogP contribution in [0.1, 0.15) is 36.8 Å². The number of alkyl halides is 3. The minimum atomic E-state index is -4.50. The lowest BCUT2D eigenvalue weighted by molar-refractivity contribution is -0.137. The number of benzene rings is 2. The molecule has 1 aliphatic rings. The minimum Gasteiger partial charge on any atom is -0.351 e. The van der Waals surface area contributed by atoms with Crippen molar-refractivity contribution in [1.29, 1.82) is 0 Å². The van der Waals surface area contributed by atoms with Gasteiger partial charge in [0.2, 0.25) is 5.91 Å². The van der Waals surface area contributed by atoms with Gasteiger partial charge in [0.05, 0.1) is 10.5 Å². The molecule has 0 atom stereocenters. The van der Waals surface area contributed by atoms with Crippen molar-refractivity contribution in [1.82, 2.24) is 5.32 Å². The minimum absolute atomic E-state index is 0.00183. The van der Waals surface area contributed by atoms with Crippen molar-refractivity contribution in [3.63, 3.8) is 0 Å². The number of carbonyl (C=O) groups is 1.